The van der Waals surface area contributed by atoms with Gasteiger partial charge in [-0.05, 0) is 24.8 Å². The number of rotatable bonds is 6. The molecular weight excluding hydrogens is 266 g/mol. The van der Waals surface area contributed by atoms with Gasteiger partial charge >= 0.3 is 5.97 Å². The molecule has 1 aliphatic carbocycles. The molecule has 1 N–H and O–H groups in total. The first kappa shape index (κ1) is 15.5. The maximum Gasteiger partial charge on any atom is 0.328 e. The van der Waals surface area contributed by atoms with Crippen LogP contribution < -0.4 is 4.90 Å². The van der Waals surface area contributed by atoms with Crippen molar-refractivity contribution in [2.45, 2.75) is 45.6 Å². The Kier molecular flexibility index (Phi) is 5.31. The van der Waals surface area contributed by atoms with E-state index in [1.54, 1.807) is 12.4 Å². The lowest BCUT2D eigenvalue weighted by Gasteiger charge is -2.30. The molecule has 0 aliphatic heterocycles. The molecule has 0 radical (unpaired) electrons. The van der Waals surface area contributed by atoms with Crippen LogP contribution in [0.5, 0.6) is 0 Å². The monoisotopic (exact) mass is 289 g/mol. The minimum absolute atomic E-state index is 0.535. The molecule has 21 heavy (non-hydrogen) atoms. The normalized spacial score (nSPS) is 16.0. The predicted octanol–water partition coefficient (Wildman–Crippen LogP) is 2.98. The summed E-state index contributed by atoms with van der Waals surface area (Å²) in [6.07, 6.45) is 10.9. The van der Waals surface area contributed by atoms with Gasteiger partial charge in [0.05, 0.1) is 0 Å². The Hall–Kier alpha value is -1.91. The minimum atomic E-state index is -0.966. The molecule has 2 rings (SSSR count). The molecule has 0 unspecified atom stereocenters. The molecule has 0 bridgehead atoms. The second-order valence-corrected chi connectivity index (χ2v) is 5.97. The van der Waals surface area contributed by atoms with Gasteiger partial charge in [0, 0.05) is 36.6 Å². The first-order chi connectivity index (χ1) is 10.1. The smallest absolute Gasteiger partial charge is 0.328 e. The number of aromatic nitrogens is 2. The van der Waals surface area contributed by atoms with Crippen LogP contribution in [0.2, 0.25) is 0 Å². The maximum atomic E-state index is 10.5. The lowest BCUT2D eigenvalue weighted by Crippen LogP contribution is -2.37. The van der Waals surface area contributed by atoms with E-state index in [1.165, 1.54) is 31.8 Å². The molecule has 1 saturated carbocycles. The largest absolute Gasteiger partial charge is 0.478 e. The lowest BCUT2D eigenvalue weighted by molar-refractivity contribution is -0.131. The van der Waals surface area contributed by atoms with E-state index in [0.29, 0.717) is 17.5 Å². The van der Waals surface area contributed by atoms with Crippen LogP contribution in [0.25, 0.3) is 6.08 Å². The molecule has 0 saturated heterocycles. The van der Waals surface area contributed by atoms with Crippen molar-refractivity contribution in [3.8, 4) is 0 Å². The summed E-state index contributed by atoms with van der Waals surface area (Å²) in [4.78, 5) is 21.7. The highest BCUT2D eigenvalue weighted by molar-refractivity contribution is 5.85. The number of anilines is 1. The SMILES string of the molecule is CC(C)CN(c1ncc(/C=C/C(=O)O)cn1)C1CCCC1. The maximum absolute atomic E-state index is 10.5. The predicted molar refractivity (Wildman–Crippen MR) is 83.1 cm³/mol. The molecule has 1 aromatic rings. The number of carboxylic acid groups (broad SMARTS) is 1. The van der Waals surface area contributed by atoms with Crippen molar-refractivity contribution in [2.75, 3.05) is 11.4 Å². The van der Waals surface area contributed by atoms with Crippen LogP contribution in [0.3, 0.4) is 0 Å². The van der Waals surface area contributed by atoms with E-state index in [0.717, 1.165) is 18.6 Å². The average molecular weight is 289 g/mol. The van der Waals surface area contributed by atoms with Crippen LogP contribution in [0, 0.1) is 5.92 Å². The van der Waals surface area contributed by atoms with E-state index < -0.39 is 5.97 Å². The zero-order valence-corrected chi connectivity index (χ0v) is 12.7. The molecular formula is C16H23N3O2. The van der Waals surface area contributed by atoms with Crippen LogP contribution in [0.1, 0.15) is 45.1 Å². The molecule has 1 aromatic heterocycles. The Labute approximate surface area is 125 Å². The van der Waals surface area contributed by atoms with E-state index in [9.17, 15) is 4.79 Å². The molecule has 1 aliphatic rings. The summed E-state index contributed by atoms with van der Waals surface area (Å²) in [5.41, 5.74) is 0.706. The number of aliphatic carboxylic acids is 1. The average Bonchev–Trinajstić information content (AvgIpc) is 2.97. The highest BCUT2D eigenvalue weighted by Gasteiger charge is 2.25. The van der Waals surface area contributed by atoms with Crippen molar-refractivity contribution < 1.29 is 9.90 Å². The van der Waals surface area contributed by atoms with Gasteiger partial charge in [0.1, 0.15) is 0 Å². The van der Waals surface area contributed by atoms with Crippen LogP contribution in [0.4, 0.5) is 5.95 Å². The van der Waals surface area contributed by atoms with E-state index in [-0.39, 0.29) is 0 Å². The van der Waals surface area contributed by atoms with E-state index in [2.05, 4.69) is 28.7 Å². The highest BCUT2D eigenvalue weighted by Crippen LogP contribution is 2.27. The zero-order chi connectivity index (χ0) is 15.2. The Bertz CT molecular complexity index is 491. The fourth-order valence-corrected chi connectivity index (χ4v) is 2.74. The number of hydrogen-bond acceptors (Lipinski definition) is 4. The van der Waals surface area contributed by atoms with Crippen molar-refractivity contribution in [2.24, 2.45) is 5.92 Å². The second-order valence-electron chi connectivity index (χ2n) is 5.97. The summed E-state index contributed by atoms with van der Waals surface area (Å²) in [6.45, 7) is 5.35. The summed E-state index contributed by atoms with van der Waals surface area (Å²) < 4.78 is 0. The van der Waals surface area contributed by atoms with E-state index in [1.807, 2.05) is 0 Å². The van der Waals surface area contributed by atoms with Crippen LogP contribution in [-0.4, -0.2) is 33.6 Å². The van der Waals surface area contributed by atoms with Gasteiger partial charge in [0.2, 0.25) is 5.95 Å². The molecule has 0 aromatic carbocycles. The minimum Gasteiger partial charge on any atom is -0.478 e. The van der Waals surface area contributed by atoms with Gasteiger partial charge in [-0.2, -0.15) is 0 Å². The summed E-state index contributed by atoms with van der Waals surface area (Å²) in [5, 5.41) is 8.62. The first-order valence-electron chi connectivity index (χ1n) is 7.56. The summed E-state index contributed by atoms with van der Waals surface area (Å²) in [6, 6.07) is 0.535. The molecule has 1 heterocycles. The third-order valence-electron chi connectivity index (χ3n) is 3.66. The molecule has 5 heteroatoms. The van der Waals surface area contributed by atoms with Crippen LogP contribution >= 0.6 is 0 Å². The fraction of sp³-hybridized carbons (Fsp3) is 0.562. The fourth-order valence-electron chi connectivity index (χ4n) is 2.74. The second kappa shape index (κ2) is 7.20. The van der Waals surface area contributed by atoms with Crippen molar-refractivity contribution in [3.05, 3.63) is 24.0 Å². The van der Waals surface area contributed by atoms with E-state index in [4.69, 9.17) is 5.11 Å². The van der Waals surface area contributed by atoms with Gasteiger partial charge in [0.15, 0.2) is 0 Å². The number of nitrogens with zero attached hydrogens (tertiary/aromatic N) is 3. The van der Waals surface area contributed by atoms with Gasteiger partial charge in [-0.1, -0.05) is 26.7 Å². The molecule has 5 nitrogen and oxygen atoms in total. The summed E-state index contributed by atoms with van der Waals surface area (Å²) >= 11 is 0. The van der Waals surface area contributed by atoms with Crippen LogP contribution in [-0.2, 0) is 4.79 Å². The summed E-state index contributed by atoms with van der Waals surface area (Å²) in [5.74, 6) is 0.343. The number of carbonyl (C=O) groups is 1. The van der Waals surface area contributed by atoms with Crippen molar-refractivity contribution in [1.29, 1.82) is 0 Å². The topological polar surface area (TPSA) is 66.3 Å². The van der Waals surface area contributed by atoms with Gasteiger partial charge in [-0.25, -0.2) is 14.8 Å². The Balaban J connectivity index is 2.13. The quantitative estimate of drug-likeness (QED) is 0.815. The first-order valence-corrected chi connectivity index (χ1v) is 7.56. The van der Waals surface area contributed by atoms with Crippen molar-refractivity contribution >= 4 is 18.0 Å². The van der Waals surface area contributed by atoms with Crippen molar-refractivity contribution in [3.63, 3.8) is 0 Å². The lowest BCUT2D eigenvalue weighted by atomic mass is 10.1. The number of hydrogen-bond donors (Lipinski definition) is 1. The van der Waals surface area contributed by atoms with Crippen molar-refractivity contribution in [1.82, 2.24) is 9.97 Å². The summed E-state index contributed by atoms with van der Waals surface area (Å²) in [7, 11) is 0. The standard InChI is InChI=1S/C16H23N3O2/c1-12(2)11-19(14-5-3-4-6-14)16-17-9-13(10-18-16)7-8-15(20)21/h7-10,12,14H,3-6,11H2,1-2H3,(H,20,21)/b8-7+. The van der Waals surface area contributed by atoms with Gasteiger partial charge in [-0.15, -0.1) is 0 Å². The number of carboxylic acids is 1. The van der Waals surface area contributed by atoms with Gasteiger partial charge in [-0.3, -0.25) is 0 Å². The highest BCUT2D eigenvalue weighted by atomic mass is 16.4. The third-order valence-corrected chi connectivity index (χ3v) is 3.66. The zero-order valence-electron chi connectivity index (χ0n) is 12.7. The van der Waals surface area contributed by atoms with Gasteiger partial charge in [0.25, 0.3) is 0 Å². The molecule has 0 amide bonds. The molecule has 114 valence electrons. The Morgan fingerprint density at radius 3 is 2.52 bits per heavy atom. The third kappa shape index (κ3) is 4.55. The molecule has 0 spiro atoms. The molecule has 0 atom stereocenters. The van der Waals surface area contributed by atoms with Crippen LogP contribution in [0.15, 0.2) is 18.5 Å². The Morgan fingerprint density at radius 1 is 1.38 bits per heavy atom. The van der Waals surface area contributed by atoms with Gasteiger partial charge < -0.3 is 10.0 Å². The van der Waals surface area contributed by atoms with E-state index >= 15 is 0 Å². The molecule has 1 fully saturated rings. The Morgan fingerprint density at radius 2 is 2.00 bits per heavy atom.